The van der Waals surface area contributed by atoms with Gasteiger partial charge in [0, 0.05) is 24.5 Å². The maximum absolute atomic E-state index is 12.2. The fraction of sp³-hybridized carbons (Fsp3) is 0.167. The van der Waals surface area contributed by atoms with Crippen molar-refractivity contribution in [1.29, 1.82) is 0 Å². The number of aromatic amines is 1. The number of hydrogen-bond acceptors (Lipinski definition) is 4. The molecule has 24 heavy (non-hydrogen) atoms. The van der Waals surface area contributed by atoms with Crippen LogP contribution in [0.2, 0.25) is 0 Å². The van der Waals surface area contributed by atoms with Gasteiger partial charge in [0.15, 0.2) is 0 Å². The molecule has 2 heterocycles. The van der Waals surface area contributed by atoms with Crippen molar-refractivity contribution in [3.8, 4) is 17.0 Å². The third-order valence-electron chi connectivity index (χ3n) is 3.65. The van der Waals surface area contributed by atoms with E-state index in [-0.39, 0.29) is 5.91 Å². The topological polar surface area (TPSA) is 79.9 Å². The lowest BCUT2D eigenvalue weighted by atomic mass is 10.1. The molecule has 0 fully saturated rings. The molecular formula is C18H18N4O2. The number of methoxy groups -OCH3 is 1. The minimum absolute atomic E-state index is 0.183. The summed E-state index contributed by atoms with van der Waals surface area (Å²) in [7, 11) is 1.61. The van der Waals surface area contributed by atoms with Crippen molar-refractivity contribution in [3.05, 3.63) is 66.1 Å². The van der Waals surface area contributed by atoms with Crippen LogP contribution in [-0.4, -0.2) is 34.7 Å². The summed E-state index contributed by atoms with van der Waals surface area (Å²) in [5, 5.41) is 9.86. The number of amides is 1. The van der Waals surface area contributed by atoms with Gasteiger partial charge >= 0.3 is 0 Å². The second-order valence-electron chi connectivity index (χ2n) is 5.23. The van der Waals surface area contributed by atoms with Crippen LogP contribution in [0.1, 0.15) is 16.1 Å². The fourth-order valence-corrected chi connectivity index (χ4v) is 2.40. The largest absolute Gasteiger partial charge is 0.496 e. The molecule has 6 heteroatoms. The van der Waals surface area contributed by atoms with E-state index in [9.17, 15) is 4.79 Å². The molecule has 2 aromatic heterocycles. The number of aromatic nitrogens is 3. The smallest absolute Gasteiger partial charge is 0.269 e. The van der Waals surface area contributed by atoms with Gasteiger partial charge in [-0.15, -0.1) is 0 Å². The Morgan fingerprint density at radius 2 is 2.00 bits per heavy atom. The average molecular weight is 322 g/mol. The van der Waals surface area contributed by atoms with Crippen LogP contribution in [0.25, 0.3) is 11.3 Å². The predicted molar refractivity (Wildman–Crippen MR) is 90.8 cm³/mol. The van der Waals surface area contributed by atoms with E-state index in [2.05, 4.69) is 20.5 Å². The second-order valence-corrected chi connectivity index (χ2v) is 5.23. The zero-order valence-corrected chi connectivity index (χ0v) is 13.3. The van der Waals surface area contributed by atoms with Crippen molar-refractivity contribution >= 4 is 5.91 Å². The molecule has 3 rings (SSSR count). The molecule has 1 amide bonds. The van der Waals surface area contributed by atoms with E-state index in [0.29, 0.717) is 23.7 Å². The van der Waals surface area contributed by atoms with Crippen LogP contribution in [-0.2, 0) is 6.42 Å². The first-order valence-corrected chi connectivity index (χ1v) is 7.64. The molecule has 0 aliphatic rings. The van der Waals surface area contributed by atoms with E-state index < -0.39 is 0 Å². The molecule has 6 nitrogen and oxygen atoms in total. The van der Waals surface area contributed by atoms with Crippen molar-refractivity contribution < 1.29 is 9.53 Å². The summed E-state index contributed by atoms with van der Waals surface area (Å²) in [6.45, 7) is 0.547. The van der Waals surface area contributed by atoms with Crippen LogP contribution in [0.3, 0.4) is 0 Å². The highest BCUT2D eigenvalue weighted by Gasteiger charge is 2.13. The highest BCUT2D eigenvalue weighted by molar-refractivity contribution is 5.93. The highest BCUT2D eigenvalue weighted by atomic mass is 16.5. The lowest BCUT2D eigenvalue weighted by molar-refractivity contribution is 0.0949. The van der Waals surface area contributed by atoms with Crippen LogP contribution in [0.4, 0.5) is 0 Å². The number of pyridine rings is 1. The normalized spacial score (nSPS) is 10.4. The summed E-state index contributed by atoms with van der Waals surface area (Å²) >= 11 is 0. The van der Waals surface area contributed by atoms with Crippen LogP contribution in [0.5, 0.6) is 5.75 Å². The zero-order chi connectivity index (χ0) is 16.8. The maximum atomic E-state index is 12.2. The van der Waals surface area contributed by atoms with Gasteiger partial charge < -0.3 is 10.1 Å². The minimum Gasteiger partial charge on any atom is -0.496 e. The van der Waals surface area contributed by atoms with Crippen molar-refractivity contribution in [1.82, 2.24) is 20.5 Å². The number of para-hydroxylation sites is 1. The van der Waals surface area contributed by atoms with E-state index in [4.69, 9.17) is 4.74 Å². The Morgan fingerprint density at radius 3 is 2.79 bits per heavy atom. The third-order valence-corrected chi connectivity index (χ3v) is 3.65. The predicted octanol–water partition coefficient (Wildman–Crippen LogP) is 2.45. The standard InChI is InChI=1S/C18H18N4O2/c1-24-17-5-3-2-4-14(17)15-12-16(22-21-15)18(23)20-11-8-13-6-9-19-10-7-13/h2-7,9-10,12H,8,11H2,1H3,(H,20,23)(H,21,22). The molecule has 0 bridgehead atoms. The number of nitrogens with zero attached hydrogens (tertiary/aromatic N) is 2. The Morgan fingerprint density at radius 1 is 1.21 bits per heavy atom. The molecule has 3 aromatic rings. The molecule has 2 N–H and O–H groups in total. The molecular weight excluding hydrogens is 304 g/mol. The summed E-state index contributed by atoms with van der Waals surface area (Å²) in [5.41, 5.74) is 3.06. The number of rotatable bonds is 6. The Balaban J connectivity index is 1.63. The molecule has 0 spiro atoms. The van der Waals surface area contributed by atoms with Gasteiger partial charge in [0.2, 0.25) is 0 Å². The molecule has 0 saturated carbocycles. The Hall–Kier alpha value is -3.15. The van der Waals surface area contributed by atoms with Gasteiger partial charge in [-0.25, -0.2) is 0 Å². The van der Waals surface area contributed by atoms with Gasteiger partial charge in [0.25, 0.3) is 5.91 Å². The number of benzene rings is 1. The van der Waals surface area contributed by atoms with Gasteiger partial charge in [-0.3, -0.25) is 14.9 Å². The number of carbonyl (C=O) groups is 1. The van der Waals surface area contributed by atoms with Crippen molar-refractivity contribution in [2.24, 2.45) is 0 Å². The Labute approximate surface area is 139 Å². The quantitative estimate of drug-likeness (QED) is 0.730. The Bertz CT molecular complexity index is 815. The summed E-state index contributed by atoms with van der Waals surface area (Å²) in [6.07, 6.45) is 4.24. The third kappa shape index (κ3) is 3.60. The van der Waals surface area contributed by atoms with Gasteiger partial charge in [-0.2, -0.15) is 5.10 Å². The van der Waals surface area contributed by atoms with E-state index in [1.807, 2.05) is 36.4 Å². The first kappa shape index (κ1) is 15.7. The zero-order valence-electron chi connectivity index (χ0n) is 13.3. The number of nitrogens with one attached hydrogen (secondary N) is 2. The molecule has 0 aliphatic heterocycles. The number of ether oxygens (including phenoxy) is 1. The van der Waals surface area contributed by atoms with Crippen LogP contribution >= 0.6 is 0 Å². The minimum atomic E-state index is -0.183. The molecule has 0 aliphatic carbocycles. The monoisotopic (exact) mass is 322 g/mol. The van der Waals surface area contributed by atoms with Crippen molar-refractivity contribution in [3.63, 3.8) is 0 Å². The van der Waals surface area contributed by atoms with Crippen LogP contribution in [0.15, 0.2) is 54.9 Å². The lowest BCUT2D eigenvalue weighted by Crippen LogP contribution is -2.26. The number of carbonyl (C=O) groups excluding carboxylic acids is 1. The molecule has 122 valence electrons. The first-order valence-electron chi connectivity index (χ1n) is 7.64. The van der Waals surface area contributed by atoms with Crippen LogP contribution in [0, 0.1) is 0 Å². The summed E-state index contributed by atoms with van der Waals surface area (Å²) < 4.78 is 5.32. The molecule has 0 unspecified atom stereocenters. The van der Waals surface area contributed by atoms with E-state index in [1.165, 1.54) is 0 Å². The SMILES string of the molecule is COc1ccccc1-c1cc(C(=O)NCCc2ccncc2)[nH]n1. The Kier molecular flexibility index (Phi) is 4.86. The molecule has 1 aromatic carbocycles. The molecule has 0 radical (unpaired) electrons. The van der Waals surface area contributed by atoms with Crippen molar-refractivity contribution in [2.75, 3.05) is 13.7 Å². The first-order chi connectivity index (χ1) is 11.8. The summed E-state index contributed by atoms with van der Waals surface area (Å²) in [5.74, 6) is 0.534. The highest BCUT2D eigenvalue weighted by Crippen LogP contribution is 2.28. The summed E-state index contributed by atoms with van der Waals surface area (Å²) in [6, 6.07) is 13.1. The fourth-order valence-electron chi connectivity index (χ4n) is 2.40. The molecule has 0 atom stereocenters. The van der Waals surface area contributed by atoms with Gasteiger partial charge in [-0.05, 0) is 42.3 Å². The van der Waals surface area contributed by atoms with Crippen LogP contribution < -0.4 is 10.1 Å². The average Bonchev–Trinajstić information content (AvgIpc) is 3.12. The number of hydrogen-bond donors (Lipinski definition) is 2. The van der Waals surface area contributed by atoms with Gasteiger partial charge in [0.05, 0.1) is 12.8 Å². The molecule has 0 saturated heterocycles. The van der Waals surface area contributed by atoms with E-state index in [1.54, 1.807) is 25.6 Å². The van der Waals surface area contributed by atoms with Gasteiger partial charge in [-0.1, -0.05) is 12.1 Å². The second kappa shape index (κ2) is 7.41. The van der Waals surface area contributed by atoms with E-state index >= 15 is 0 Å². The summed E-state index contributed by atoms with van der Waals surface area (Å²) in [4.78, 5) is 16.2. The maximum Gasteiger partial charge on any atom is 0.269 e. The van der Waals surface area contributed by atoms with Gasteiger partial charge in [0.1, 0.15) is 11.4 Å². The lowest BCUT2D eigenvalue weighted by Gasteiger charge is -2.04. The van der Waals surface area contributed by atoms with E-state index in [0.717, 1.165) is 17.5 Å². The van der Waals surface area contributed by atoms with Crippen molar-refractivity contribution in [2.45, 2.75) is 6.42 Å². The number of H-pyrrole nitrogens is 1.